The van der Waals surface area contributed by atoms with Crippen LogP contribution in [0.1, 0.15) is 33.6 Å². The third kappa shape index (κ3) is 2.95. The summed E-state index contributed by atoms with van der Waals surface area (Å²) in [7, 11) is 1.95. The summed E-state index contributed by atoms with van der Waals surface area (Å²) in [6, 6.07) is 13.4. The third-order valence-corrected chi connectivity index (χ3v) is 6.72. The Kier molecular flexibility index (Phi) is 4.06. The first-order valence-corrected chi connectivity index (χ1v) is 10.5. The Morgan fingerprint density at radius 1 is 1.21 bits per heavy atom. The van der Waals surface area contributed by atoms with E-state index in [1.54, 1.807) is 4.90 Å². The number of thiophene rings is 1. The minimum atomic E-state index is -0.765. The lowest BCUT2D eigenvalue weighted by Crippen LogP contribution is -2.61. The highest BCUT2D eigenvalue weighted by Crippen LogP contribution is 2.37. The summed E-state index contributed by atoms with van der Waals surface area (Å²) >= 11 is 1.43. The van der Waals surface area contributed by atoms with Gasteiger partial charge in [-0.1, -0.05) is 35.8 Å². The Hall–Kier alpha value is -3.00. The van der Waals surface area contributed by atoms with Crippen molar-refractivity contribution in [2.45, 2.75) is 18.6 Å². The number of nitrogens with one attached hydrogen (secondary N) is 1. The molecule has 6 nitrogen and oxygen atoms in total. The van der Waals surface area contributed by atoms with E-state index in [-0.39, 0.29) is 11.8 Å². The van der Waals surface area contributed by atoms with Crippen LogP contribution in [0.5, 0.6) is 5.75 Å². The first kappa shape index (κ1) is 18.1. The number of anilines is 1. The summed E-state index contributed by atoms with van der Waals surface area (Å²) in [6.45, 7) is 0.980. The summed E-state index contributed by atoms with van der Waals surface area (Å²) in [4.78, 5) is 27.6. The molecule has 0 aliphatic carbocycles. The molecule has 1 fully saturated rings. The first-order chi connectivity index (χ1) is 14.0. The van der Waals surface area contributed by atoms with Gasteiger partial charge in [-0.2, -0.15) is 0 Å². The summed E-state index contributed by atoms with van der Waals surface area (Å²) in [5.74, 6) is 0.419. The lowest BCUT2D eigenvalue weighted by atomic mass is 9.91. The molecule has 2 amide bonds. The van der Waals surface area contributed by atoms with Crippen LogP contribution in [-0.2, 0) is 0 Å². The Labute approximate surface area is 173 Å². The number of hydrogen-bond acceptors (Lipinski definition) is 5. The molecule has 8 heteroatoms. The highest BCUT2D eigenvalue weighted by atomic mass is 32.1. The zero-order valence-corrected chi connectivity index (χ0v) is 16.8. The molecule has 0 bridgehead atoms. The van der Waals surface area contributed by atoms with E-state index in [0.717, 1.165) is 15.5 Å². The highest BCUT2D eigenvalue weighted by molar-refractivity contribution is 7.23. The smallest absolute Gasteiger partial charge is 0.258 e. The van der Waals surface area contributed by atoms with Crippen molar-refractivity contribution in [2.75, 3.05) is 18.8 Å². The Morgan fingerprint density at radius 3 is 2.76 bits per heavy atom. The molecule has 2 aromatic carbocycles. The molecule has 1 spiro atoms. The second-order valence-electron chi connectivity index (χ2n) is 7.68. The van der Waals surface area contributed by atoms with Crippen molar-refractivity contribution in [2.24, 2.45) is 0 Å². The SMILES string of the molecule is Bc1ccc2c(c1)C(=O)NC1(CCN(C(=O)c3c(N)sc4ccccc34)CC1)O2. The van der Waals surface area contributed by atoms with Crippen LogP contribution in [-0.4, -0.2) is 43.4 Å². The van der Waals surface area contributed by atoms with Gasteiger partial charge in [0, 0.05) is 36.0 Å². The van der Waals surface area contributed by atoms with Crippen LogP contribution < -0.4 is 21.3 Å². The van der Waals surface area contributed by atoms with Gasteiger partial charge in [-0.3, -0.25) is 9.59 Å². The molecule has 1 aromatic heterocycles. The van der Waals surface area contributed by atoms with Crippen LogP contribution in [0.2, 0.25) is 0 Å². The standard InChI is InChI=1S/C21H20BN3O3S/c22-12-5-6-15-14(11-12)19(26)24-21(28-15)7-9-25(10-8-21)20(27)17-13-3-1-2-4-16(13)29-18(17)23/h1-6,11H,7-10,22-23H2,(H,24,26). The first-order valence-electron chi connectivity index (χ1n) is 9.64. The molecular formula is C21H20BN3O3S. The van der Waals surface area contributed by atoms with E-state index in [1.165, 1.54) is 11.3 Å². The second kappa shape index (κ2) is 6.52. The van der Waals surface area contributed by atoms with Crippen LogP contribution >= 0.6 is 11.3 Å². The van der Waals surface area contributed by atoms with Crippen molar-refractivity contribution in [1.82, 2.24) is 10.2 Å². The van der Waals surface area contributed by atoms with E-state index >= 15 is 0 Å². The molecule has 3 heterocycles. The number of benzene rings is 2. The lowest BCUT2D eigenvalue weighted by Gasteiger charge is -2.44. The maximum atomic E-state index is 13.2. The molecule has 2 aliphatic heterocycles. The molecule has 3 aromatic rings. The fourth-order valence-corrected chi connectivity index (χ4v) is 5.12. The summed E-state index contributed by atoms with van der Waals surface area (Å²) in [5.41, 5.74) is 7.56. The largest absolute Gasteiger partial charge is 0.467 e. The van der Waals surface area contributed by atoms with Crippen molar-refractivity contribution in [3.05, 3.63) is 53.6 Å². The van der Waals surface area contributed by atoms with Crippen LogP contribution in [0.4, 0.5) is 5.00 Å². The molecule has 0 saturated carbocycles. The van der Waals surface area contributed by atoms with Crippen LogP contribution in [0, 0.1) is 0 Å². The van der Waals surface area contributed by atoms with Crippen LogP contribution in [0.3, 0.4) is 0 Å². The average Bonchev–Trinajstić information content (AvgIpc) is 3.04. The normalized spacial score (nSPS) is 17.7. The van der Waals surface area contributed by atoms with Gasteiger partial charge in [-0.05, 0) is 12.1 Å². The van der Waals surface area contributed by atoms with Gasteiger partial charge in [-0.25, -0.2) is 0 Å². The topological polar surface area (TPSA) is 84.7 Å². The number of carbonyl (C=O) groups is 2. The van der Waals surface area contributed by atoms with E-state index < -0.39 is 5.72 Å². The molecule has 2 aliphatic rings. The fourth-order valence-electron chi connectivity index (χ4n) is 4.16. The number of nitrogens with two attached hydrogens (primary N) is 1. The number of fused-ring (bicyclic) bond motifs is 2. The van der Waals surface area contributed by atoms with Crippen molar-refractivity contribution in [3.8, 4) is 5.75 Å². The number of nitrogen functional groups attached to an aromatic ring is 1. The Bertz CT molecular complexity index is 1150. The van der Waals surface area contributed by atoms with Crippen molar-refractivity contribution in [1.29, 1.82) is 0 Å². The lowest BCUT2D eigenvalue weighted by molar-refractivity contribution is -0.0244. The number of rotatable bonds is 1. The quantitative estimate of drug-likeness (QED) is 0.601. The van der Waals surface area contributed by atoms with Gasteiger partial charge in [-0.15, -0.1) is 11.3 Å². The van der Waals surface area contributed by atoms with Crippen molar-refractivity contribution >= 4 is 51.5 Å². The van der Waals surface area contributed by atoms with E-state index in [9.17, 15) is 9.59 Å². The Balaban J connectivity index is 1.36. The number of likely N-dealkylation sites (tertiary alicyclic amines) is 1. The van der Waals surface area contributed by atoms with Crippen molar-refractivity contribution in [3.63, 3.8) is 0 Å². The molecular weight excluding hydrogens is 385 g/mol. The molecule has 29 heavy (non-hydrogen) atoms. The van der Waals surface area contributed by atoms with Gasteiger partial charge >= 0.3 is 0 Å². The number of hydrogen-bond donors (Lipinski definition) is 2. The fraction of sp³-hybridized carbons (Fsp3) is 0.238. The van der Waals surface area contributed by atoms with Crippen LogP contribution in [0.25, 0.3) is 10.1 Å². The van der Waals surface area contributed by atoms with Gasteiger partial charge in [0.25, 0.3) is 11.8 Å². The zero-order valence-electron chi connectivity index (χ0n) is 16.0. The molecule has 5 rings (SSSR count). The third-order valence-electron chi connectivity index (χ3n) is 5.72. The predicted molar refractivity (Wildman–Crippen MR) is 117 cm³/mol. The summed E-state index contributed by atoms with van der Waals surface area (Å²) in [5, 5.41) is 4.47. The Morgan fingerprint density at radius 2 is 1.97 bits per heavy atom. The number of nitrogens with zero attached hydrogens (tertiary/aromatic N) is 1. The molecule has 0 atom stereocenters. The average molecular weight is 405 g/mol. The van der Waals surface area contributed by atoms with Gasteiger partial charge in [0.15, 0.2) is 5.72 Å². The summed E-state index contributed by atoms with van der Waals surface area (Å²) < 4.78 is 7.22. The monoisotopic (exact) mass is 405 g/mol. The van der Waals surface area contributed by atoms with Crippen LogP contribution in [0.15, 0.2) is 42.5 Å². The summed E-state index contributed by atoms with van der Waals surface area (Å²) in [6.07, 6.45) is 1.06. The molecule has 146 valence electrons. The van der Waals surface area contributed by atoms with Gasteiger partial charge in [0.2, 0.25) is 0 Å². The van der Waals surface area contributed by atoms with E-state index in [1.807, 2.05) is 50.3 Å². The molecule has 1 saturated heterocycles. The van der Waals surface area contributed by atoms with Crippen molar-refractivity contribution < 1.29 is 14.3 Å². The highest BCUT2D eigenvalue weighted by Gasteiger charge is 2.43. The number of amides is 2. The molecule has 0 radical (unpaired) electrons. The second-order valence-corrected chi connectivity index (χ2v) is 8.76. The van der Waals surface area contributed by atoms with E-state index in [2.05, 4.69) is 5.32 Å². The minimum Gasteiger partial charge on any atom is -0.467 e. The number of piperidine rings is 1. The molecule has 0 unspecified atom stereocenters. The van der Waals surface area contributed by atoms with E-state index in [4.69, 9.17) is 10.5 Å². The van der Waals surface area contributed by atoms with Gasteiger partial charge < -0.3 is 20.7 Å². The number of ether oxygens (including phenoxy) is 1. The minimum absolute atomic E-state index is 0.0621. The number of carbonyl (C=O) groups excluding carboxylic acids is 2. The zero-order chi connectivity index (χ0) is 20.2. The maximum absolute atomic E-state index is 13.2. The van der Waals surface area contributed by atoms with Gasteiger partial charge in [0.1, 0.15) is 13.6 Å². The van der Waals surface area contributed by atoms with E-state index in [0.29, 0.717) is 47.8 Å². The predicted octanol–water partition coefficient (Wildman–Crippen LogP) is 1.50. The maximum Gasteiger partial charge on any atom is 0.258 e. The van der Waals surface area contributed by atoms with Gasteiger partial charge in [0.05, 0.1) is 16.1 Å². The molecule has 3 N–H and O–H groups in total.